The van der Waals surface area contributed by atoms with Crippen molar-refractivity contribution in [2.75, 3.05) is 46.3 Å². The van der Waals surface area contributed by atoms with Gasteiger partial charge in [-0.15, -0.1) is 0 Å². The largest absolute Gasteiger partial charge is 0.350 e. The maximum absolute atomic E-state index is 13.4. The predicted octanol–water partition coefficient (Wildman–Crippen LogP) is -0.171. The van der Waals surface area contributed by atoms with Gasteiger partial charge in [0.25, 0.3) is 0 Å². The second-order valence-electron chi connectivity index (χ2n) is 8.50. The van der Waals surface area contributed by atoms with Gasteiger partial charge in [0.2, 0.25) is 11.8 Å². The Hall–Kier alpha value is -1.18. The Morgan fingerprint density at radius 2 is 1.85 bits per heavy atom. The smallest absolute Gasteiger partial charge is 0.238 e. The van der Waals surface area contributed by atoms with E-state index in [-0.39, 0.29) is 36.0 Å². The van der Waals surface area contributed by atoms with Crippen LogP contribution in [0.3, 0.4) is 0 Å². The van der Waals surface area contributed by atoms with Crippen LogP contribution >= 0.6 is 0 Å². The topological polar surface area (TPSA) is 67.9 Å². The molecule has 0 aromatic rings. The number of amides is 2. The van der Waals surface area contributed by atoms with Gasteiger partial charge in [-0.1, -0.05) is 12.8 Å². The number of rotatable bonds is 2. The summed E-state index contributed by atoms with van der Waals surface area (Å²) in [4.78, 5) is 32.9. The van der Waals surface area contributed by atoms with Crippen LogP contribution in [0.25, 0.3) is 0 Å². The molecule has 4 unspecified atom stereocenters. The van der Waals surface area contributed by atoms with Crippen molar-refractivity contribution in [1.29, 1.82) is 0 Å². The molecule has 3 saturated heterocycles. The van der Waals surface area contributed by atoms with Crippen molar-refractivity contribution < 1.29 is 9.59 Å². The van der Waals surface area contributed by atoms with E-state index in [1.807, 2.05) is 0 Å². The Kier molecular flexibility index (Phi) is 5.47. The highest BCUT2D eigenvalue weighted by molar-refractivity contribution is 5.84. The maximum Gasteiger partial charge on any atom is 0.238 e. The summed E-state index contributed by atoms with van der Waals surface area (Å²) < 4.78 is 0. The molecule has 2 amide bonds. The molecule has 7 heteroatoms. The van der Waals surface area contributed by atoms with E-state index in [1.165, 1.54) is 0 Å². The SMILES string of the molecule is CN1CCN(CC(=O)N2C3CCCCC3C(=O)NC3CCCNC32)CC1. The van der Waals surface area contributed by atoms with Crippen molar-refractivity contribution in [3.05, 3.63) is 0 Å². The number of piperidine rings is 1. The molecule has 0 aromatic heterocycles. The van der Waals surface area contributed by atoms with Gasteiger partial charge in [-0.05, 0) is 39.3 Å². The molecule has 3 heterocycles. The zero-order valence-corrected chi connectivity index (χ0v) is 16.0. The lowest BCUT2D eigenvalue weighted by Gasteiger charge is -2.45. The van der Waals surface area contributed by atoms with Crippen LogP contribution in [0, 0.1) is 5.92 Å². The molecule has 4 atom stereocenters. The van der Waals surface area contributed by atoms with Gasteiger partial charge in [0.15, 0.2) is 0 Å². The Morgan fingerprint density at radius 1 is 1.08 bits per heavy atom. The summed E-state index contributed by atoms with van der Waals surface area (Å²) in [5, 5.41) is 6.81. The quantitative estimate of drug-likeness (QED) is 0.713. The second kappa shape index (κ2) is 7.82. The molecular weight excluding hydrogens is 330 g/mol. The minimum Gasteiger partial charge on any atom is -0.350 e. The number of carbonyl (C=O) groups is 2. The summed E-state index contributed by atoms with van der Waals surface area (Å²) in [6, 6.07) is 0.114. The first-order valence-corrected chi connectivity index (χ1v) is 10.4. The molecule has 7 nitrogen and oxygen atoms in total. The molecule has 3 aliphatic heterocycles. The fourth-order valence-electron chi connectivity index (χ4n) is 5.18. The van der Waals surface area contributed by atoms with Gasteiger partial charge < -0.3 is 15.1 Å². The molecule has 0 aromatic carbocycles. The average Bonchev–Trinajstić information content (AvgIpc) is 2.77. The predicted molar refractivity (Wildman–Crippen MR) is 99.5 cm³/mol. The molecular formula is C19H33N5O2. The van der Waals surface area contributed by atoms with E-state index < -0.39 is 0 Å². The maximum atomic E-state index is 13.4. The van der Waals surface area contributed by atoms with Crippen LogP contribution in [0.2, 0.25) is 0 Å². The van der Waals surface area contributed by atoms with E-state index in [0.29, 0.717) is 6.54 Å². The number of piperazine rings is 1. The van der Waals surface area contributed by atoms with Crippen molar-refractivity contribution in [2.45, 2.75) is 56.8 Å². The molecule has 26 heavy (non-hydrogen) atoms. The number of fused-ring (bicyclic) bond motifs is 2. The van der Waals surface area contributed by atoms with Gasteiger partial charge in [-0.25, -0.2) is 0 Å². The van der Waals surface area contributed by atoms with E-state index in [4.69, 9.17) is 0 Å². The summed E-state index contributed by atoms with van der Waals surface area (Å²) in [6.45, 7) is 5.34. The van der Waals surface area contributed by atoms with E-state index >= 15 is 0 Å². The molecule has 1 saturated carbocycles. The van der Waals surface area contributed by atoms with Crippen LogP contribution in [0.1, 0.15) is 38.5 Å². The van der Waals surface area contributed by atoms with Crippen LogP contribution in [-0.2, 0) is 9.59 Å². The Bertz CT molecular complexity index is 534. The van der Waals surface area contributed by atoms with E-state index in [0.717, 1.165) is 71.2 Å². The van der Waals surface area contributed by atoms with Crippen LogP contribution in [0.5, 0.6) is 0 Å². The molecule has 0 radical (unpaired) electrons. The molecule has 2 N–H and O–H groups in total. The fraction of sp³-hybridized carbons (Fsp3) is 0.895. The number of hydrogen-bond acceptors (Lipinski definition) is 5. The Balaban J connectivity index is 1.54. The first kappa shape index (κ1) is 18.2. The highest BCUT2D eigenvalue weighted by Gasteiger charge is 2.47. The van der Waals surface area contributed by atoms with Crippen LogP contribution in [0.15, 0.2) is 0 Å². The summed E-state index contributed by atoms with van der Waals surface area (Å²) in [6.07, 6.45) is 6.05. The van der Waals surface area contributed by atoms with Crippen LogP contribution in [0.4, 0.5) is 0 Å². The van der Waals surface area contributed by atoms with Gasteiger partial charge in [0.05, 0.1) is 18.5 Å². The minimum absolute atomic E-state index is 0.0346. The highest BCUT2D eigenvalue weighted by Crippen LogP contribution is 2.34. The van der Waals surface area contributed by atoms with Crippen LogP contribution < -0.4 is 10.6 Å². The highest BCUT2D eigenvalue weighted by atomic mass is 16.2. The molecule has 4 fully saturated rings. The molecule has 1 aliphatic carbocycles. The zero-order chi connectivity index (χ0) is 18.1. The van der Waals surface area contributed by atoms with Crippen molar-refractivity contribution in [3.8, 4) is 0 Å². The fourth-order valence-corrected chi connectivity index (χ4v) is 5.18. The van der Waals surface area contributed by atoms with Crippen molar-refractivity contribution in [1.82, 2.24) is 25.3 Å². The van der Waals surface area contributed by atoms with E-state index in [1.54, 1.807) is 0 Å². The first-order valence-electron chi connectivity index (χ1n) is 10.4. The van der Waals surface area contributed by atoms with Crippen molar-refractivity contribution >= 4 is 11.8 Å². The Labute approximate surface area is 156 Å². The normalized spacial score (nSPS) is 36.7. The average molecular weight is 364 g/mol. The third-order valence-electron chi connectivity index (χ3n) is 6.72. The second-order valence-corrected chi connectivity index (χ2v) is 8.50. The number of likely N-dealkylation sites (N-methyl/N-ethyl adjacent to an activating group) is 1. The van der Waals surface area contributed by atoms with Crippen molar-refractivity contribution in [3.63, 3.8) is 0 Å². The minimum atomic E-state index is -0.0410. The van der Waals surface area contributed by atoms with Gasteiger partial charge in [0, 0.05) is 32.2 Å². The number of carbonyl (C=O) groups excluding carboxylic acids is 2. The van der Waals surface area contributed by atoms with Gasteiger partial charge >= 0.3 is 0 Å². The van der Waals surface area contributed by atoms with Gasteiger partial charge in [-0.2, -0.15) is 0 Å². The number of hydrogen-bond donors (Lipinski definition) is 2. The summed E-state index contributed by atoms with van der Waals surface area (Å²) in [5.41, 5.74) is 0. The van der Waals surface area contributed by atoms with Crippen LogP contribution in [-0.4, -0.2) is 91.1 Å². The Morgan fingerprint density at radius 3 is 2.65 bits per heavy atom. The lowest BCUT2D eigenvalue weighted by Crippen LogP contribution is -2.64. The summed E-state index contributed by atoms with van der Waals surface area (Å²) >= 11 is 0. The third kappa shape index (κ3) is 3.62. The number of nitrogens with one attached hydrogen (secondary N) is 2. The first-order chi connectivity index (χ1) is 12.6. The van der Waals surface area contributed by atoms with Gasteiger partial charge in [-0.3, -0.25) is 19.8 Å². The van der Waals surface area contributed by atoms with E-state index in [2.05, 4.69) is 32.4 Å². The summed E-state index contributed by atoms with van der Waals surface area (Å²) in [5.74, 6) is 0.336. The monoisotopic (exact) mass is 363 g/mol. The lowest BCUT2D eigenvalue weighted by atomic mass is 9.83. The number of nitrogens with zero attached hydrogens (tertiary/aromatic N) is 3. The standard InChI is InChI=1S/C19H33N5O2/c1-22-9-11-23(12-10-22)13-17(25)24-16-7-3-2-5-14(16)19(26)21-15-6-4-8-20-18(15)24/h14-16,18,20H,2-13H2,1H3,(H,21,26). The van der Waals surface area contributed by atoms with E-state index in [9.17, 15) is 9.59 Å². The molecule has 146 valence electrons. The zero-order valence-electron chi connectivity index (χ0n) is 16.0. The van der Waals surface area contributed by atoms with Crippen molar-refractivity contribution in [2.24, 2.45) is 5.92 Å². The molecule has 4 rings (SSSR count). The molecule has 0 spiro atoms. The van der Waals surface area contributed by atoms with Gasteiger partial charge in [0.1, 0.15) is 6.17 Å². The lowest BCUT2D eigenvalue weighted by molar-refractivity contribution is -0.142. The molecule has 4 aliphatic rings. The third-order valence-corrected chi connectivity index (χ3v) is 6.72. The molecule has 0 bridgehead atoms. The summed E-state index contributed by atoms with van der Waals surface area (Å²) in [7, 11) is 2.13.